The lowest BCUT2D eigenvalue weighted by Crippen LogP contribution is -2.38. The molecular formula is C13H21N3O. The van der Waals surface area contributed by atoms with Crippen LogP contribution in [0.5, 0.6) is 0 Å². The highest BCUT2D eigenvalue weighted by molar-refractivity contribution is 5.40. The van der Waals surface area contributed by atoms with E-state index in [4.69, 9.17) is 5.11 Å². The van der Waals surface area contributed by atoms with Gasteiger partial charge in [-0.05, 0) is 38.6 Å². The number of aromatic nitrogens is 1. The number of pyridine rings is 1. The lowest BCUT2D eigenvalue weighted by Gasteiger charge is -2.29. The van der Waals surface area contributed by atoms with Crippen LogP contribution in [0.25, 0.3) is 0 Å². The Labute approximate surface area is 103 Å². The normalized spacial score (nSPS) is 22.5. The Kier molecular flexibility index (Phi) is 3.97. The summed E-state index contributed by atoms with van der Waals surface area (Å²) in [6, 6.07) is 4.44. The summed E-state index contributed by atoms with van der Waals surface area (Å²) in [4.78, 5) is 9.16. The Morgan fingerprint density at radius 3 is 2.88 bits per heavy atom. The van der Waals surface area contributed by atoms with E-state index in [1.165, 1.54) is 6.42 Å². The number of aliphatic hydroxyl groups is 1. The van der Waals surface area contributed by atoms with Crippen molar-refractivity contribution in [3.05, 3.63) is 23.9 Å². The summed E-state index contributed by atoms with van der Waals surface area (Å²) in [6.07, 6.45) is 2.93. The summed E-state index contributed by atoms with van der Waals surface area (Å²) in [5.74, 6) is 1.02. The second-order valence-electron chi connectivity index (χ2n) is 4.84. The van der Waals surface area contributed by atoms with E-state index in [9.17, 15) is 0 Å². The molecule has 1 fully saturated rings. The molecular weight excluding hydrogens is 214 g/mol. The number of aliphatic hydroxyl groups excluding tert-OH is 1. The minimum absolute atomic E-state index is 0.0611. The molecule has 0 aliphatic carbocycles. The van der Waals surface area contributed by atoms with Gasteiger partial charge in [-0.3, -0.25) is 0 Å². The average Bonchev–Trinajstić information content (AvgIpc) is 2.50. The lowest BCUT2D eigenvalue weighted by molar-refractivity contribution is 0.281. The number of hydrogen-bond acceptors (Lipinski definition) is 4. The van der Waals surface area contributed by atoms with Gasteiger partial charge in [0.05, 0.1) is 6.61 Å². The largest absolute Gasteiger partial charge is 0.392 e. The van der Waals surface area contributed by atoms with Crippen molar-refractivity contribution in [2.45, 2.75) is 26.0 Å². The molecule has 94 valence electrons. The summed E-state index contributed by atoms with van der Waals surface area (Å²) in [5, 5.41) is 9.01. The predicted molar refractivity (Wildman–Crippen MR) is 69.1 cm³/mol. The predicted octanol–water partition coefficient (Wildman–Crippen LogP) is 1.10. The van der Waals surface area contributed by atoms with Gasteiger partial charge < -0.3 is 14.9 Å². The zero-order valence-corrected chi connectivity index (χ0v) is 10.6. The van der Waals surface area contributed by atoms with E-state index in [-0.39, 0.29) is 6.61 Å². The molecule has 1 unspecified atom stereocenters. The maximum absolute atomic E-state index is 9.01. The van der Waals surface area contributed by atoms with E-state index in [2.05, 4.69) is 28.8 Å². The molecule has 4 nitrogen and oxygen atoms in total. The molecule has 2 heterocycles. The van der Waals surface area contributed by atoms with Gasteiger partial charge in [-0.25, -0.2) is 4.98 Å². The zero-order valence-electron chi connectivity index (χ0n) is 10.6. The lowest BCUT2D eigenvalue weighted by atomic mass is 10.2. The number of hydrogen-bond donors (Lipinski definition) is 1. The molecule has 0 amide bonds. The smallest absolute Gasteiger partial charge is 0.128 e. The molecule has 0 spiro atoms. The minimum atomic E-state index is 0.0611. The highest BCUT2D eigenvalue weighted by Gasteiger charge is 2.20. The molecule has 0 bridgehead atoms. The number of rotatable bonds is 2. The first-order chi connectivity index (χ1) is 8.20. The summed E-state index contributed by atoms with van der Waals surface area (Å²) in [6.45, 7) is 5.57. The van der Waals surface area contributed by atoms with E-state index < -0.39 is 0 Å². The molecule has 0 saturated carbocycles. The number of likely N-dealkylation sites (N-methyl/N-ethyl adjacent to an activating group) is 1. The third-order valence-electron chi connectivity index (χ3n) is 3.33. The molecule has 1 aliphatic rings. The Balaban J connectivity index is 2.13. The van der Waals surface area contributed by atoms with Crippen LogP contribution in [0.3, 0.4) is 0 Å². The van der Waals surface area contributed by atoms with Crippen molar-refractivity contribution >= 4 is 5.82 Å². The minimum Gasteiger partial charge on any atom is -0.392 e. The fourth-order valence-corrected chi connectivity index (χ4v) is 2.39. The molecule has 1 saturated heterocycles. The molecule has 1 aliphatic heterocycles. The molecule has 2 rings (SSSR count). The van der Waals surface area contributed by atoms with Gasteiger partial charge >= 0.3 is 0 Å². The van der Waals surface area contributed by atoms with Crippen LogP contribution in [0.4, 0.5) is 5.82 Å². The molecule has 1 aromatic rings. The van der Waals surface area contributed by atoms with Crippen LogP contribution in [-0.2, 0) is 6.61 Å². The second kappa shape index (κ2) is 5.47. The van der Waals surface area contributed by atoms with Crippen molar-refractivity contribution in [1.29, 1.82) is 0 Å². The molecule has 17 heavy (non-hydrogen) atoms. The summed E-state index contributed by atoms with van der Waals surface area (Å²) >= 11 is 0. The monoisotopic (exact) mass is 235 g/mol. The van der Waals surface area contributed by atoms with Crippen molar-refractivity contribution < 1.29 is 5.11 Å². The van der Waals surface area contributed by atoms with Crippen molar-refractivity contribution in [1.82, 2.24) is 9.88 Å². The van der Waals surface area contributed by atoms with Gasteiger partial charge in [-0.15, -0.1) is 0 Å². The van der Waals surface area contributed by atoms with Crippen LogP contribution < -0.4 is 4.90 Å². The highest BCUT2D eigenvalue weighted by atomic mass is 16.3. The molecule has 0 aromatic carbocycles. The molecule has 1 N–H and O–H groups in total. The molecule has 0 radical (unpaired) electrons. The third kappa shape index (κ3) is 2.96. The Hall–Kier alpha value is -1.13. The van der Waals surface area contributed by atoms with Gasteiger partial charge in [0.15, 0.2) is 0 Å². The Bertz CT molecular complexity index is 352. The van der Waals surface area contributed by atoms with Gasteiger partial charge in [0.25, 0.3) is 0 Å². The van der Waals surface area contributed by atoms with Crippen LogP contribution in [0, 0.1) is 0 Å². The van der Waals surface area contributed by atoms with Crippen molar-refractivity contribution in [2.24, 2.45) is 0 Å². The first-order valence-electron chi connectivity index (χ1n) is 6.21. The first kappa shape index (κ1) is 12.3. The van der Waals surface area contributed by atoms with Crippen LogP contribution in [0.15, 0.2) is 18.3 Å². The zero-order chi connectivity index (χ0) is 12.3. The topological polar surface area (TPSA) is 39.6 Å². The number of nitrogens with zero attached hydrogens (tertiary/aromatic N) is 3. The third-order valence-corrected chi connectivity index (χ3v) is 3.33. The van der Waals surface area contributed by atoms with Crippen LogP contribution in [0.2, 0.25) is 0 Å². The van der Waals surface area contributed by atoms with Crippen molar-refractivity contribution in [3.8, 4) is 0 Å². The van der Waals surface area contributed by atoms with Crippen molar-refractivity contribution in [3.63, 3.8) is 0 Å². The SMILES string of the molecule is CC1CN(C)CCCN1c1ccc(CO)cn1. The maximum atomic E-state index is 9.01. The Morgan fingerprint density at radius 1 is 1.41 bits per heavy atom. The van der Waals surface area contributed by atoms with E-state index in [1.807, 2.05) is 12.1 Å². The Morgan fingerprint density at radius 2 is 2.24 bits per heavy atom. The van der Waals surface area contributed by atoms with Gasteiger partial charge in [0.1, 0.15) is 5.82 Å². The number of anilines is 1. The van der Waals surface area contributed by atoms with Crippen LogP contribution >= 0.6 is 0 Å². The van der Waals surface area contributed by atoms with E-state index in [0.717, 1.165) is 31.0 Å². The maximum Gasteiger partial charge on any atom is 0.128 e. The fraction of sp³-hybridized carbons (Fsp3) is 0.615. The van der Waals surface area contributed by atoms with Gasteiger partial charge in [0.2, 0.25) is 0 Å². The standard InChI is InChI=1S/C13H21N3O/c1-11-9-15(2)6-3-7-16(11)13-5-4-12(10-17)8-14-13/h4-5,8,11,17H,3,6-7,9-10H2,1-2H3. The fourth-order valence-electron chi connectivity index (χ4n) is 2.39. The van der Waals surface area contributed by atoms with E-state index in [0.29, 0.717) is 6.04 Å². The van der Waals surface area contributed by atoms with E-state index in [1.54, 1.807) is 6.20 Å². The molecule has 1 atom stereocenters. The first-order valence-corrected chi connectivity index (χ1v) is 6.21. The summed E-state index contributed by atoms with van der Waals surface area (Å²) in [7, 11) is 2.17. The van der Waals surface area contributed by atoms with Gasteiger partial charge in [-0.1, -0.05) is 6.07 Å². The molecule has 4 heteroatoms. The van der Waals surface area contributed by atoms with Crippen LogP contribution in [-0.4, -0.2) is 47.7 Å². The summed E-state index contributed by atoms with van der Waals surface area (Å²) in [5.41, 5.74) is 0.869. The van der Waals surface area contributed by atoms with Crippen molar-refractivity contribution in [2.75, 3.05) is 31.6 Å². The molecule has 1 aromatic heterocycles. The second-order valence-corrected chi connectivity index (χ2v) is 4.84. The van der Waals surface area contributed by atoms with Gasteiger partial charge in [-0.2, -0.15) is 0 Å². The van der Waals surface area contributed by atoms with Crippen LogP contribution in [0.1, 0.15) is 18.9 Å². The highest BCUT2D eigenvalue weighted by Crippen LogP contribution is 2.18. The van der Waals surface area contributed by atoms with Gasteiger partial charge in [0, 0.05) is 25.3 Å². The van der Waals surface area contributed by atoms with E-state index >= 15 is 0 Å². The average molecular weight is 235 g/mol. The summed E-state index contributed by atoms with van der Waals surface area (Å²) < 4.78 is 0. The quantitative estimate of drug-likeness (QED) is 0.833.